The van der Waals surface area contributed by atoms with E-state index in [0.717, 1.165) is 49.2 Å². The van der Waals surface area contributed by atoms with Crippen molar-refractivity contribution in [3.63, 3.8) is 0 Å². The number of carbonyl (C=O) groups excluding carboxylic acids is 1. The molecule has 0 aromatic heterocycles. The summed E-state index contributed by atoms with van der Waals surface area (Å²) in [5, 5.41) is 0. The molecule has 0 aliphatic carbocycles. The zero-order valence-electron chi connectivity index (χ0n) is 16.3. The first-order valence-corrected chi connectivity index (χ1v) is 12.2. The van der Waals surface area contributed by atoms with E-state index >= 15 is 0 Å². The number of hydrogen-bond donors (Lipinski definition) is 1. The number of aryl methyl sites for hydroxylation is 1. The first-order chi connectivity index (χ1) is 13.4. The topological polar surface area (TPSA) is 66.5 Å². The van der Waals surface area contributed by atoms with Crippen LogP contribution in [0.15, 0.2) is 52.3 Å². The van der Waals surface area contributed by atoms with Gasteiger partial charge in [0.15, 0.2) is 0 Å². The van der Waals surface area contributed by atoms with Crippen molar-refractivity contribution in [1.29, 1.82) is 0 Å². The molecule has 1 amide bonds. The van der Waals surface area contributed by atoms with Gasteiger partial charge in [-0.1, -0.05) is 19.1 Å². The van der Waals surface area contributed by atoms with Crippen LogP contribution in [-0.2, 0) is 16.4 Å². The van der Waals surface area contributed by atoms with Crippen LogP contribution in [-0.4, -0.2) is 38.6 Å². The highest BCUT2D eigenvalue weighted by Gasteiger charge is 2.23. The minimum Gasteiger partial charge on any atom is -0.339 e. The van der Waals surface area contributed by atoms with Crippen LogP contribution in [0.3, 0.4) is 0 Å². The summed E-state index contributed by atoms with van der Waals surface area (Å²) in [4.78, 5) is 15.7. The van der Waals surface area contributed by atoms with E-state index in [1.165, 1.54) is 17.8 Å². The molecule has 28 heavy (non-hydrogen) atoms. The fraction of sp³-hybridized carbons (Fsp3) is 0.381. The third-order valence-electron chi connectivity index (χ3n) is 4.97. The summed E-state index contributed by atoms with van der Waals surface area (Å²) in [5.74, 6) is -0.0894. The molecule has 1 heterocycles. The molecule has 0 radical (unpaired) electrons. The van der Waals surface area contributed by atoms with Crippen molar-refractivity contribution in [3.05, 3.63) is 53.6 Å². The Kier molecular flexibility index (Phi) is 6.67. The SMILES string of the molecule is CCc1ccc(NS(=O)(=O)c2ccc(SC)c(C(=O)N3CCCCC3)c2)cc1. The third-order valence-corrected chi connectivity index (χ3v) is 7.14. The number of amides is 1. The maximum atomic E-state index is 13.0. The summed E-state index contributed by atoms with van der Waals surface area (Å²) in [6.45, 7) is 3.50. The van der Waals surface area contributed by atoms with Gasteiger partial charge in [-0.3, -0.25) is 9.52 Å². The number of rotatable bonds is 6. The first-order valence-electron chi connectivity index (χ1n) is 9.53. The monoisotopic (exact) mass is 418 g/mol. The highest BCUT2D eigenvalue weighted by Crippen LogP contribution is 2.27. The van der Waals surface area contributed by atoms with E-state index in [1.54, 1.807) is 24.3 Å². The van der Waals surface area contributed by atoms with Crippen LogP contribution in [0.1, 0.15) is 42.1 Å². The minimum absolute atomic E-state index is 0.0894. The second-order valence-corrected chi connectivity index (χ2v) is 9.40. The van der Waals surface area contributed by atoms with E-state index < -0.39 is 10.0 Å². The molecule has 0 unspecified atom stereocenters. The van der Waals surface area contributed by atoms with E-state index in [4.69, 9.17) is 0 Å². The van der Waals surface area contributed by atoms with Gasteiger partial charge in [-0.2, -0.15) is 0 Å². The number of benzene rings is 2. The number of sulfonamides is 1. The Morgan fingerprint density at radius 1 is 1.07 bits per heavy atom. The van der Waals surface area contributed by atoms with E-state index in [-0.39, 0.29) is 10.8 Å². The number of thioether (sulfide) groups is 1. The number of nitrogens with one attached hydrogen (secondary N) is 1. The van der Waals surface area contributed by atoms with Gasteiger partial charge in [0.1, 0.15) is 0 Å². The van der Waals surface area contributed by atoms with Gasteiger partial charge in [-0.15, -0.1) is 11.8 Å². The lowest BCUT2D eigenvalue weighted by molar-refractivity contribution is 0.0720. The molecular weight excluding hydrogens is 392 g/mol. The minimum atomic E-state index is -3.77. The zero-order chi connectivity index (χ0) is 20.1. The van der Waals surface area contributed by atoms with Gasteiger partial charge in [0, 0.05) is 23.7 Å². The fourth-order valence-corrected chi connectivity index (χ4v) is 4.97. The second kappa shape index (κ2) is 9.01. The Hall–Kier alpha value is -1.99. The Labute approximate surface area is 171 Å². The van der Waals surface area contributed by atoms with Gasteiger partial charge in [-0.05, 0) is 67.8 Å². The third kappa shape index (κ3) is 4.70. The molecule has 0 atom stereocenters. The van der Waals surface area contributed by atoms with E-state index in [0.29, 0.717) is 11.3 Å². The van der Waals surface area contributed by atoms with Gasteiger partial charge in [-0.25, -0.2) is 8.42 Å². The van der Waals surface area contributed by atoms with Gasteiger partial charge in [0.05, 0.1) is 10.5 Å². The van der Waals surface area contributed by atoms with Crippen molar-refractivity contribution in [2.45, 2.75) is 42.4 Å². The molecule has 0 saturated carbocycles. The molecule has 0 spiro atoms. The molecule has 2 aromatic carbocycles. The molecule has 1 N–H and O–H groups in total. The average Bonchev–Trinajstić information content (AvgIpc) is 2.73. The van der Waals surface area contributed by atoms with Crippen molar-refractivity contribution in [1.82, 2.24) is 4.90 Å². The van der Waals surface area contributed by atoms with Gasteiger partial charge in [0.25, 0.3) is 15.9 Å². The lowest BCUT2D eigenvalue weighted by atomic mass is 10.1. The lowest BCUT2D eigenvalue weighted by Gasteiger charge is -2.27. The zero-order valence-corrected chi connectivity index (χ0v) is 17.9. The summed E-state index contributed by atoms with van der Waals surface area (Å²) in [6, 6.07) is 12.1. The Morgan fingerprint density at radius 2 is 1.75 bits per heavy atom. The summed E-state index contributed by atoms with van der Waals surface area (Å²) in [7, 11) is -3.77. The summed E-state index contributed by atoms with van der Waals surface area (Å²) >= 11 is 1.45. The van der Waals surface area contributed by atoms with E-state index in [2.05, 4.69) is 4.72 Å². The Balaban J connectivity index is 1.89. The fourth-order valence-electron chi connectivity index (χ4n) is 3.31. The highest BCUT2D eigenvalue weighted by atomic mass is 32.2. The molecular formula is C21H26N2O3S2. The van der Waals surface area contributed by atoms with Crippen LogP contribution in [0.4, 0.5) is 5.69 Å². The molecule has 1 fully saturated rings. The largest absolute Gasteiger partial charge is 0.339 e. The van der Waals surface area contributed by atoms with Crippen LogP contribution in [0, 0.1) is 0 Å². The summed E-state index contributed by atoms with van der Waals surface area (Å²) in [5.41, 5.74) is 2.11. The quantitative estimate of drug-likeness (QED) is 0.706. The average molecular weight is 419 g/mol. The van der Waals surface area contributed by atoms with Crippen molar-refractivity contribution < 1.29 is 13.2 Å². The highest BCUT2D eigenvalue weighted by molar-refractivity contribution is 7.98. The predicted molar refractivity (Wildman–Crippen MR) is 115 cm³/mol. The molecule has 2 aromatic rings. The number of carbonyl (C=O) groups is 1. The van der Waals surface area contributed by atoms with E-state index in [9.17, 15) is 13.2 Å². The smallest absolute Gasteiger partial charge is 0.261 e. The number of likely N-dealkylation sites (tertiary alicyclic amines) is 1. The molecule has 3 rings (SSSR count). The number of piperidine rings is 1. The molecule has 5 nitrogen and oxygen atoms in total. The van der Waals surface area contributed by atoms with Crippen molar-refractivity contribution in [3.8, 4) is 0 Å². The van der Waals surface area contributed by atoms with Crippen LogP contribution in [0.25, 0.3) is 0 Å². The molecule has 150 valence electrons. The van der Waals surface area contributed by atoms with Gasteiger partial charge in [0.2, 0.25) is 0 Å². The maximum Gasteiger partial charge on any atom is 0.261 e. The van der Waals surface area contributed by atoms with Crippen LogP contribution < -0.4 is 4.72 Å². The number of nitrogens with zero attached hydrogens (tertiary/aromatic N) is 1. The Bertz CT molecular complexity index is 935. The molecule has 1 aliphatic heterocycles. The predicted octanol–water partition coefficient (Wildman–Crippen LogP) is 4.40. The molecule has 0 bridgehead atoms. The maximum absolute atomic E-state index is 13.0. The van der Waals surface area contributed by atoms with Crippen molar-refractivity contribution in [2.75, 3.05) is 24.1 Å². The Morgan fingerprint density at radius 3 is 2.36 bits per heavy atom. The molecule has 1 aliphatic rings. The van der Waals surface area contributed by atoms with Crippen molar-refractivity contribution >= 4 is 33.4 Å². The van der Waals surface area contributed by atoms with Crippen LogP contribution >= 0.6 is 11.8 Å². The summed E-state index contributed by atoms with van der Waals surface area (Å²) in [6.07, 6.45) is 5.91. The standard InChI is InChI=1S/C21H26N2O3S2/c1-3-16-7-9-17(10-8-16)22-28(25,26)18-11-12-20(27-2)19(15-18)21(24)23-13-5-4-6-14-23/h7-12,15,22H,3-6,13-14H2,1-2H3. The van der Waals surface area contributed by atoms with Crippen molar-refractivity contribution in [2.24, 2.45) is 0 Å². The van der Waals surface area contributed by atoms with Gasteiger partial charge < -0.3 is 4.90 Å². The second-order valence-electron chi connectivity index (χ2n) is 6.87. The van der Waals surface area contributed by atoms with E-state index in [1.807, 2.05) is 30.2 Å². The van der Waals surface area contributed by atoms with Crippen LogP contribution in [0.2, 0.25) is 0 Å². The van der Waals surface area contributed by atoms with Gasteiger partial charge >= 0.3 is 0 Å². The molecule has 1 saturated heterocycles. The first kappa shape index (κ1) is 20.7. The number of anilines is 1. The van der Waals surface area contributed by atoms with Crippen LogP contribution in [0.5, 0.6) is 0 Å². The number of hydrogen-bond acceptors (Lipinski definition) is 4. The normalized spacial score (nSPS) is 14.7. The summed E-state index contributed by atoms with van der Waals surface area (Å²) < 4.78 is 28.3. The molecule has 7 heteroatoms. The lowest BCUT2D eigenvalue weighted by Crippen LogP contribution is -2.36.